The molecule has 6 nitrogen and oxygen atoms in total. The number of aryl methyl sites for hydroxylation is 1. The van der Waals surface area contributed by atoms with Gasteiger partial charge in [0, 0.05) is 44.3 Å². The van der Waals surface area contributed by atoms with Crippen LogP contribution in [0.1, 0.15) is 29.0 Å². The van der Waals surface area contributed by atoms with Crippen molar-refractivity contribution in [3.63, 3.8) is 0 Å². The minimum Gasteiger partial charge on any atom is -0.371 e. The van der Waals surface area contributed by atoms with Crippen molar-refractivity contribution in [3.8, 4) is 0 Å². The van der Waals surface area contributed by atoms with Crippen LogP contribution in [0, 0.1) is 0 Å². The van der Waals surface area contributed by atoms with Gasteiger partial charge in [0.2, 0.25) is 0 Å². The molecule has 0 bridgehead atoms. The summed E-state index contributed by atoms with van der Waals surface area (Å²) < 4.78 is 39.9. The lowest BCUT2D eigenvalue weighted by Crippen LogP contribution is -2.44. The first-order chi connectivity index (χ1) is 11.8. The molecule has 3 heterocycles. The number of hydrogen-bond donors (Lipinski definition) is 1. The number of halogens is 3. The minimum absolute atomic E-state index is 0.0188. The van der Waals surface area contributed by atoms with Crippen LogP contribution >= 0.6 is 0 Å². The highest BCUT2D eigenvalue weighted by atomic mass is 19.4. The minimum atomic E-state index is -4.45. The molecule has 2 aromatic heterocycles. The van der Waals surface area contributed by atoms with E-state index in [9.17, 15) is 18.0 Å². The van der Waals surface area contributed by atoms with Gasteiger partial charge in [0.15, 0.2) is 0 Å². The van der Waals surface area contributed by atoms with Crippen LogP contribution in [-0.4, -0.2) is 39.8 Å². The maximum absolute atomic E-state index is 12.8. The quantitative estimate of drug-likeness (QED) is 0.919. The van der Waals surface area contributed by atoms with Gasteiger partial charge < -0.3 is 10.2 Å². The molecule has 0 saturated carbocycles. The van der Waals surface area contributed by atoms with E-state index in [1.54, 1.807) is 30.1 Å². The van der Waals surface area contributed by atoms with E-state index in [1.807, 2.05) is 4.90 Å². The molecule has 0 aliphatic carbocycles. The Morgan fingerprint density at radius 2 is 2.00 bits per heavy atom. The van der Waals surface area contributed by atoms with Gasteiger partial charge in [-0.1, -0.05) is 0 Å². The number of carbonyl (C=O) groups is 1. The monoisotopic (exact) mass is 353 g/mol. The molecule has 3 rings (SSSR count). The molecule has 25 heavy (non-hydrogen) atoms. The van der Waals surface area contributed by atoms with Crippen LogP contribution in [0.25, 0.3) is 0 Å². The standard InChI is InChI=1S/C16H18F3N5O/c1-23-7-5-13(22-23)15(25)21-11-3-8-24(9-4-11)12-2-6-20-14(10-12)16(17,18)19/h2,5-7,10-11H,3-4,8-9H2,1H3,(H,21,25). The van der Waals surface area contributed by atoms with Crippen molar-refractivity contribution in [1.29, 1.82) is 0 Å². The molecule has 1 amide bonds. The Bertz CT molecular complexity index is 750. The molecule has 0 unspecified atom stereocenters. The van der Waals surface area contributed by atoms with E-state index in [0.29, 0.717) is 37.3 Å². The normalized spacial score (nSPS) is 16.1. The molecule has 9 heteroatoms. The topological polar surface area (TPSA) is 63.1 Å². The van der Waals surface area contributed by atoms with E-state index >= 15 is 0 Å². The maximum atomic E-state index is 12.8. The van der Waals surface area contributed by atoms with Crippen molar-refractivity contribution in [1.82, 2.24) is 20.1 Å². The van der Waals surface area contributed by atoms with Gasteiger partial charge in [-0.15, -0.1) is 0 Å². The highest BCUT2D eigenvalue weighted by Crippen LogP contribution is 2.30. The predicted molar refractivity (Wildman–Crippen MR) is 85.1 cm³/mol. The SMILES string of the molecule is Cn1ccc(C(=O)NC2CCN(c3ccnc(C(F)(F)F)c3)CC2)n1. The average Bonchev–Trinajstić information content (AvgIpc) is 3.01. The molecule has 1 N–H and O–H groups in total. The van der Waals surface area contributed by atoms with Gasteiger partial charge in [-0.3, -0.25) is 14.5 Å². The van der Waals surface area contributed by atoms with E-state index in [0.717, 1.165) is 6.07 Å². The van der Waals surface area contributed by atoms with Crippen molar-refractivity contribution in [2.75, 3.05) is 18.0 Å². The van der Waals surface area contributed by atoms with Crippen molar-refractivity contribution in [2.24, 2.45) is 7.05 Å². The second-order valence-corrected chi connectivity index (χ2v) is 6.01. The first-order valence-corrected chi connectivity index (χ1v) is 7.91. The van der Waals surface area contributed by atoms with Crippen LogP contribution in [0.2, 0.25) is 0 Å². The molecule has 1 fully saturated rings. The van der Waals surface area contributed by atoms with Gasteiger partial charge in [-0.25, -0.2) is 0 Å². The smallest absolute Gasteiger partial charge is 0.371 e. The highest BCUT2D eigenvalue weighted by Gasteiger charge is 2.33. The number of piperidine rings is 1. The molecular formula is C16H18F3N5O. The number of nitrogens with zero attached hydrogens (tertiary/aromatic N) is 4. The van der Waals surface area contributed by atoms with Gasteiger partial charge in [0.25, 0.3) is 5.91 Å². The summed E-state index contributed by atoms with van der Waals surface area (Å²) in [5, 5.41) is 6.97. The Morgan fingerprint density at radius 3 is 2.60 bits per heavy atom. The summed E-state index contributed by atoms with van der Waals surface area (Å²) in [6, 6.07) is 4.25. The third kappa shape index (κ3) is 4.09. The number of amides is 1. The van der Waals surface area contributed by atoms with Crippen molar-refractivity contribution < 1.29 is 18.0 Å². The van der Waals surface area contributed by atoms with Crippen LogP contribution < -0.4 is 10.2 Å². The number of anilines is 1. The molecule has 1 aliphatic rings. The van der Waals surface area contributed by atoms with E-state index in [-0.39, 0.29) is 11.9 Å². The van der Waals surface area contributed by atoms with E-state index < -0.39 is 11.9 Å². The zero-order valence-corrected chi connectivity index (χ0v) is 13.6. The lowest BCUT2D eigenvalue weighted by atomic mass is 10.0. The number of alkyl halides is 3. The van der Waals surface area contributed by atoms with Crippen molar-refractivity contribution in [2.45, 2.75) is 25.1 Å². The molecule has 0 radical (unpaired) electrons. The fraction of sp³-hybridized carbons (Fsp3) is 0.438. The summed E-state index contributed by atoms with van der Waals surface area (Å²) in [4.78, 5) is 17.4. The van der Waals surface area contributed by atoms with Gasteiger partial charge in [-0.05, 0) is 31.0 Å². The van der Waals surface area contributed by atoms with Crippen LogP contribution in [0.4, 0.5) is 18.9 Å². The average molecular weight is 353 g/mol. The number of carbonyl (C=O) groups excluding carboxylic acids is 1. The number of pyridine rings is 1. The summed E-state index contributed by atoms with van der Waals surface area (Å²) >= 11 is 0. The zero-order chi connectivity index (χ0) is 18.0. The number of nitrogens with one attached hydrogen (secondary N) is 1. The first-order valence-electron chi connectivity index (χ1n) is 7.91. The van der Waals surface area contributed by atoms with Gasteiger partial charge in [0.1, 0.15) is 11.4 Å². The Morgan fingerprint density at radius 1 is 1.28 bits per heavy atom. The molecular weight excluding hydrogens is 335 g/mol. The van der Waals surface area contributed by atoms with Crippen LogP contribution in [0.5, 0.6) is 0 Å². The summed E-state index contributed by atoms with van der Waals surface area (Å²) in [5.41, 5.74) is -0.0405. The van der Waals surface area contributed by atoms with Crippen LogP contribution in [0.3, 0.4) is 0 Å². The summed E-state index contributed by atoms with van der Waals surface area (Å²) in [5.74, 6) is -0.234. The van der Waals surface area contributed by atoms with E-state index in [2.05, 4.69) is 15.4 Å². The number of rotatable bonds is 3. The molecule has 0 aromatic carbocycles. The summed E-state index contributed by atoms with van der Waals surface area (Å²) in [7, 11) is 1.74. The second-order valence-electron chi connectivity index (χ2n) is 6.01. The van der Waals surface area contributed by atoms with Gasteiger partial charge in [0.05, 0.1) is 0 Å². The van der Waals surface area contributed by atoms with Crippen molar-refractivity contribution >= 4 is 11.6 Å². The van der Waals surface area contributed by atoms with E-state index in [4.69, 9.17) is 0 Å². The highest BCUT2D eigenvalue weighted by molar-refractivity contribution is 5.92. The Kier molecular flexibility index (Phi) is 4.65. The molecule has 0 spiro atoms. The van der Waals surface area contributed by atoms with Crippen molar-refractivity contribution in [3.05, 3.63) is 42.0 Å². The number of aromatic nitrogens is 3. The predicted octanol–water partition coefficient (Wildman–Crippen LogP) is 2.23. The summed E-state index contributed by atoms with van der Waals surface area (Å²) in [6.45, 7) is 1.13. The molecule has 1 saturated heterocycles. The number of hydrogen-bond acceptors (Lipinski definition) is 4. The molecule has 0 atom stereocenters. The molecule has 134 valence electrons. The fourth-order valence-corrected chi connectivity index (χ4v) is 2.85. The third-order valence-electron chi connectivity index (χ3n) is 4.18. The lowest BCUT2D eigenvalue weighted by molar-refractivity contribution is -0.141. The summed E-state index contributed by atoms with van der Waals surface area (Å²) in [6.07, 6.45) is -0.276. The third-order valence-corrected chi connectivity index (χ3v) is 4.18. The Balaban J connectivity index is 1.58. The van der Waals surface area contributed by atoms with Gasteiger partial charge in [-0.2, -0.15) is 18.3 Å². The second kappa shape index (κ2) is 6.73. The zero-order valence-electron chi connectivity index (χ0n) is 13.6. The first kappa shape index (κ1) is 17.2. The van der Waals surface area contributed by atoms with Crippen LogP contribution in [0.15, 0.2) is 30.6 Å². The Labute approximate surface area is 142 Å². The Hall–Kier alpha value is -2.58. The van der Waals surface area contributed by atoms with E-state index in [1.165, 1.54) is 6.20 Å². The van der Waals surface area contributed by atoms with Crippen LogP contribution in [-0.2, 0) is 13.2 Å². The largest absolute Gasteiger partial charge is 0.433 e. The van der Waals surface area contributed by atoms with Gasteiger partial charge >= 0.3 is 6.18 Å². The molecule has 1 aliphatic heterocycles. The fourth-order valence-electron chi connectivity index (χ4n) is 2.85. The molecule has 2 aromatic rings. The lowest BCUT2D eigenvalue weighted by Gasteiger charge is -2.34. The maximum Gasteiger partial charge on any atom is 0.433 e.